The molecule has 0 saturated carbocycles. The molecule has 0 aromatic heterocycles. The summed E-state index contributed by atoms with van der Waals surface area (Å²) < 4.78 is 10.4. The molecule has 45 heavy (non-hydrogen) atoms. The Labute approximate surface area is 277 Å². The fraction of sp³-hybridized carbons (Fsp3) is 0.632. The topological polar surface area (TPSA) is 59.1 Å². The summed E-state index contributed by atoms with van der Waals surface area (Å²) in [5, 5.41) is 0. The predicted octanol–water partition coefficient (Wildman–Crippen LogP) is 10.5. The Morgan fingerprint density at radius 3 is 1.87 bits per heavy atom. The van der Waals surface area contributed by atoms with Crippen LogP contribution in [-0.2, 0) is 14.3 Å². The smallest absolute Gasteiger partial charge is 0.412 e. The van der Waals surface area contributed by atoms with Crippen LogP contribution < -0.4 is 4.90 Å². The van der Waals surface area contributed by atoms with E-state index in [1.165, 1.54) is 110 Å². The Balaban J connectivity index is 1.20. The van der Waals surface area contributed by atoms with E-state index in [1.54, 1.807) is 16.7 Å². The summed E-state index contributed by atoms with van der Waals surface area (Å²) in [7, 11) is 0. The molecule has 1 amide bonds. The van der Waals surface area contributed by atoms with E-state index in [9.17, 15) is 9.59 Å². The number of amides is 1. The molecule has 0 aliphatic carbocycles. The second-order valence-corrected chi connectivity index (χ2v) is 13.6. The number of esters is 1. The molecule has 1 aliphatic heterocycles. The number of nitrogens with zero attached hydrogens (tertiary/aromatic N) is 2. The van der Waals surface area contributed by atoms with Crippen molar-refractivity contribution in [2.75, 3.05) is 37.9 Å². The summed E-state index contributed by atoms with van der Waals surface area (Å²) >= 11 is 1.78. The number of anilines is 1. The van der Waals surface area contributed by atoms with Crippen LogP contribution in [0.4, 0.5) is 10.5 Å². The second kappa shape index (κ2) is 22.0. The number of ether oxygens (including phenoxy) is 2. The summed E-state index contributed by atoms with van der Waals surface area (Å²) in [4.78, 5) is 31.2. The molecule has 1 fully saturated rings. The maximum Gasteiger partial charge on any atom is 0.412 e. The van der Waals surface area contributed by atoms with E-state index in [-0.39, 0.29) is 12.8 Å². The van der Waals surface area contributed by atoms with Gasteiger partial charge < -0.3 is 19.3 Å². The minimum Gasteiger partial charge on any atom is -0.428 e. The first-order valence-electron chi connectivity index (χ1n) is 17.6. The average molecular weight is 639 g/mol. The van der Waals surface area contributed by atoms with Crippen molar-refractivity contribution in [1.82, 2.24) is 4.90 Å². The van der Waals surface area contributed by atoms with Gasteiger partial charge in [-0.25, -0.2) is 4.79 Å². The van der Waals surface area contributed by atoms with Crippen LogP contribution in [0.3, 0.4) is 0 Å². The van der Waals surface area contributed by atoms with Crippen LogP contribution in [0.25, 0.3) is 0 Å². The number of hydrogen-bond donors (Lipinski definition) is 0. The first-order valence-corrected chi connectivity index (χ1v) is 18.5. The van der Waals surface area contributed by atoms with Gasteiger partial charge in [-0.05, 0) is 44.0 Å². The van der Waals surface area contributed by atoms with Crippen molar-refractivity contribution in [3.63, 3.8) is 0 Å². The van der Waals surface area contributed by atoms with Gasteiger partial charge in [-0.1, -0.05) is 138 Å². The summed E-state index contributed by atoms with van der Waals surface area (Å²) in [5.74, 6) is -0.291. The summed E-state index contributed by atoms with van der Waals surface area (Å²) in [6, 6.07) is 15.0. The van der Waals surface area contributed by atoms with Gasteiger partial charge in [-0.15, -0.1) is 0 Å². The zero-order chi connectivity index (χ0) is 32.1. The summed E-state index contributed by atoms with van der Waals surface area (Å²) in [6.07, 6.45) is 19.4. The van der Waals surface area contributed by atoms with E-state index in [1.807, 2.05) is 0 Å². The standard InChI is InChI=1S/C38H58N2O4S/c1-4-5-6-7-8-9-10-11-12-13-14-15-16-17-18-23-37(41)43-31-44-38(42)40-28-26-39(27-29-40)34-21-19-20-22-36(34)45-35-25-24-32(2)30-33(35)3/h19-22,24-25,30H,4-18,23,26-29,31H2,1-3H3. The molecule has 250 valence electrons. The van der Waals surface area contributed by atoms with Crippen LogP contribution >= 0.6 is 11.8 Å². The minimum atomic E-state index is -0.424. The molecule has 0 bridgehead atoms. The van der Waals surface area contributed by atoms with E-state index >= 15 is 0 Å². The fourth-order valence-electron chi connectivity index (χ4n) is 5.92. The van der Waals surface area contributed by atoms with Crippen molar-refractivity contribution < 1.29 is 19.1 Å². The van der Waals surface area contributed by atoms with Gasteiger partial charge in [0.05, 0.1) is 5.69 Å². The molecule has 7 heteroatoms. The second-order valence-electron chi connectivity index (χ2n) is 12.6. The van der Waals surface area contributed by atoms with Gasteiger partial charge in [-0.3, -0.25) is 4.79 Å². The van der Waals surface area contributed by atoms with Crippen molar-refractivity contribution in [3.05, 3.63) is 53.6 Å². The Morgan fingerprint density at radius 2 is 1.27 bits per heavy atom. The van der Waals surface area contributed by atoms with Gasteiger partial charge in [0.25, 0.3) is 0 Å². The molecule has 0 spiro atoms. The number of para-hydroxylation sites is 1. The lowest BCUT2D eigenvalue weighted by molar-refractivity contribution is -0.152. The number of carbonyl (C=O) groups excluding carboxylic acids is 2. The molecular weight excluding hydrogens is 580 g/mol. The molecule has 6 nitrogen and oxygen atoms in total. The zero-order valence-electron chi connectivity index (χ0n) is 28.3. The molecular formula is C38H58N2O4S. The van der Waals surface area contributed by atoms with Crippen LogP contribution in [0, 0.1) is 13.8 Å². The number of aryl methyl sites for hydroxylation is 2. The van der Waals surface area contributed by atoms with Gasteiger partial charge in [-0.2, -0.15) is 0 Å². The van der Waals surface area contributed by atoms with E-state index < -0.39 is 6.09 Å². The summed E-state index contributed by atoms with van der Waals surface area (Å²) in [6.45, 7) is 8.80. The fourth-order valence-corrected chi connectivity index (χ4v) is 6.96. The van der Waals surface area contributed by atoms with Crippen LogP contribution in [0.5, 0.6) is 0 Å². The van der Waals surface area contributed by atoms with Crippen LogP contribution in [-0.4, -0.2) is 49.9 Å². The molecule has 1 heterocycles. The van der Waals surface area contributed by atoms with Crippen molar-refractivity contribution in [1.29, 1.82) is 0 Å². The first-order chi connectivity index (χ1) is 22.0. The van der Waals surface area contributed by atoms with E-state index in [0.29, 0.717) is 19.5 Å². The van der Waals surface area contributed by atoms with E-state index in [2.05, 4.69) is 68.1 Å². The highest BCUT2D eigenvalue weighted by Gasteiger charge is 2.24. The largest absolute Gasteiger partial charge is 0.428 e. The van der Waals surface area contributed by atoms with Crippen molar-refractivity contribution in [2.45, 2.75) is 133 Å². The Hall–Kier alpha value is -2.67. The quantitative estimate of drug-likeness (QED) is 0.0770. The first kappa shape index (κ1) is 36.8. The number of piperazine rings is 1. The van der Waals surface area contributed by atoms with Gasteiger partial charge in [0, 0.05) is 42.4 Å². The lowest BCUT2D eigenvalue weighted by Crippen LogP contribution is -2.49. The highest BCUT2D eigenvalue weighted by atomic mass is 32.2. The lowest BCUT2D eigenvalue weighted by Gasteiger charge is -2.36. The number of rotatable bonds is 21. The van der Waals surface area contributed by atoms with Crippen molar-refractivity contribution >= 4 is 29.5 Å². The molecule has 3 rings (SSSR count). The SMILES string of the molecule is CCCCCCCCCCCCCCCCCC(=O)OCOC(=O)N1CCN(c2ccccc2Sc2ccc(C)cc2C)CC1. The Kier molecular flexibility index (Phi) is 18.0. The van der Waals surface area contributed by atoms with Gasteiger partial charge in [0.2, 0.25) is 6.79 Å². The van der Waals surface area contributed by atoms with Crippen LogP contribution in [0.1, 0.15) is 121 Å². The maximum atomic E-state index is 12.6. The minimum absolute atomic E-state index is 0.291. The average Bonchev–Trinajstić information content (AvgIpc) is 3.04. The lowest BCUT2D eigenvalue weighted by atomic mass is 10.0. The van der Waals surface area contributed by atoms with E-state index in [4.69, 9.17) is 9.47 Å². The summed E-state index contributed by atoms with van der Waals surface area (Å²) in [5.41, 5.74) is 3.73. The van der Waals surface area contributed by atoms with Gasteiger partial charge in [0.1, 0.15) is 0 Å². The van der Waals surface area contributed by atoms with Crippen LogP contribution in [0.2, 0.25) is 0 Å². The third kappa shape index (κ3) is 14.5. The number of unbranched alkanes of at least 4 members (excludes halogenated alkanes) is 14. The monoisotopic (exact) mass is 638 g/mol. The molecule has 0 radical (unpaired) electrons. The van der Waals surface area contributed by atoms with Gasteiger partial charge >= 0.3 is 12.1 Å². The molecule has 1 saturated heterocycles. The Bertz CT molecular complexity index is 1130. The molecule has 0 unspecified atom stereocenters. The number of hydrogen-bond acceptors (Lipinski definition) is 6. The molecule has 2 aromatic carbocycles. The van der Waals surface area contributed by atoms with Crippen LogP contribution in [0.15, 0.2) is 52.3 Å². The third-order valence-corrected chi connectivity index (χ3v) is 9.92. The van der Waals surface area contributed by atoms with Crippen molar-refractivity contribution in [2.24, 2.45) is 0 Å². The molecule has 2 aromatic rings. The Morgan fingerprint density at radius 1 is 0.689 bits per heavy atom. The molecule has 0 N–H and O–H groups in total. The molecule has 0 atom stereocenters. The highest BCUT2D eigenvalue weighted by Crippen LogP contribution is 2.37. The van der Waals surface area contributed by atoms with Crippen molar-refractivity contribution in [3.8, 4) is 0 Å². The number of carbonyl (C=O) groups is 2. The van der Waals surface area contributed by atoms with Gasteiger partial charge in [0.15, 0.2) is 0 Å². The molecule has 1 aliphatic rings. The number of benzene rings is 2. The predicted molar refractivity (Wildman–Crippen MR) is 187 cm³/mol. The normalized spacial score (nSPS) is 13.2. The zero-order valence-corrected chi connectivity index (χ0v) is 29.1. The third-order valence-electron chi connectivity index (χ3n) is 8.68. The highest BCUT2D eigenvalue weighted by molar-refractivity contribution is 7.99. The maximum absolute atomic E-state index is 12.6. The van der Waals surface area contributed by atoms with E-state index in [0.717, 1.165) is 25.9 Å².